The highest BCUT2D eigenvalue weighted by Crippen LogP contribution is 2.31. The van der Waals surface area contributed by atoms with Crippen LogP contribution in [0.3, 0.4) is 0 Å². The smallest absolute Gasteiger partial charge is 0.331 e. The maximum Gasteiger partial charge on any atom is 0.416 e. The molecule has 4 aromatic rings. The number of halogens is 4. The number of nitrogens with zero attached hydrogens (tertiary/aromatic N) is 4. The first-order valence-corrected chi connectivity index (χ1v) is 17.3. The van der Waals surface area contributed by atoms with Gasteiger partial charge in [-0.3, -0.25) is 9.59 Å². The molecule has 0 spiro atoms. The molecule has 5 rings (SSSR count). The molecule has 0 bridgehead atoms. The van der Waals surface area contributed by atoms with Gasteiger partial charge in [0.05, 0.1) is 38.8 Å². The minimum absolute atomic E-state index is 0.0347. The lowest BCUT2D eigenvalue weighted by Gasteiger charge is -2.35. The normalized spacial score (nSPS) is 13.1. The number of hydrogen-bond donors (Lipinski definition) is 0. The molecule has 0 fully saturated rings. The van der Waals surface area contributed by atoms with Crippen molar-refractivity contribution >= 4 is 17.7 Å². The Kier molecular flexibility index (Phi) is 11.1. The number of likely N-dealkylation sites (N-methyl/N-ethyl adjacent to an activating group) is 1. The Morgan fingerprint density at radius 3 is 2.12 bits per heavy atom. The van der Waals surface area contributed by atoms with Gasteiger partial charge in [-0.1, -0.05) is 60.3 Å². The van der Waals surface area contributed by atoms with Gasteiger partial charge in [-0.05, 0) is 79.6 Å². The van der Waals surface area contributed by atoms with Crippen molar-refractivity contribution in [3.05, 3.63) is 117 Å². The predicted molar refractivity (Wildman–Crippen MR) is 181 cm³/mol. The zero-order valence-electron chi connectivity index (χ0n) is 27.5. The van der Waals surface area contributed by atoms with E-state index in [1.54, 1.807) is 12.1 Å². The van der Waals surface area contributed by atoms with E-state index in [-0.39, 0.29) is 23.8 Å². The van der Waals surface area contributed by atoms with Crippen molar-refractivity contribution in [3.63, 3.8) is 0 Å². The lowest BCUT2D eigenvalue weighted by atomic mass is 10.0. The number of alkyl halides is 3. The summed E-state index contributed by atoms with van der Waals surface area (Å²) in [6.45, 7) is 7.77. The Labute approximate surface area is 283 Å². The molecule has 0 saturated heterocycles. The maximum atomic E-state index is 14.2. The highest BCUT2D eigenvalue weighted by atomic mass is 32.2. The fourth-order valence-corrected chi connectivity index (χ4v) is 6.86. The number of benzene rings is 3. The van der Waals surface area contributed by atoms with E-state index < -0.39 is 11.7 Å². The van der Waals surface area contributed by atoms with E-state index >= 15 is 0 Å². The van der Waals surface area contributed by atoms with Gasteiger partial charge in [-0.2, -0.15) is 18.2 Å². The highest BCUT2D eigenvalue weighted by molar-refractivity contribution is 7.98. The van der Waals surface area contributed by atoms with Crippen LogP contribution in [0.15, 0.2) is 82.7 Å². The van der Waals surface area contributed by atoms with Gasteiger partial charge in [0.15, 0.2) is 5.16 Å². The fourth-order valence-electron chi connectivity index (χ4n) is 5.89. The van der Waals surface area contributed by atoms with Crippen LogP contribution in [-0.4, -0.2) is 58.1 Å². The summed E-state index contributed by atoms with van der Waals surface area (Å²) >= 11 is 1.36. The molecule has 48 heavy (non-hydrogen) atoms. The number of thioether (sulfide) groups is 1. The van der Waals surface area contributed by atoms with Gasteiger partial charge in [-0.25, -0.2) is 4.39 Å². The number of carbonyl (C=O) groups excluding carboxylic acids is 1. The standard InChI is InChI=1S/C37H41F4N4O2S/c1-4-45(3,5-2)22-21-43(23-26-9-13-28(14-10-26)29-15-17-30(18-16-29)37(39,40)41)34(46)24-44-33-8-6-7-32(33)35(47)42-36(44)48-25-27-11-19-31(38)20-12-27/h9-20H,4-8,21-25H2,1-3H3/q+1. The van der Waals surface area contributed by atoms with Crippen molar-refractivity contribution in [2.45, 2.75) is 63.3 Å². The molecule has 1 amide bonds. The molecule has 0 unspecified atom stereocenters. The van der Waals surface area contributed by atoms with Crippen molar-refractivity contribution in [2.75, 3.05) is 33.2 Å². The molecule has 6 nitrogen and oxygen atoms in total. The van der Waals surface area contributed by atoms with Crippen molar-refractivity contribution in [2.24, 2.45) is 0 Å². The number of rotatable bonds is 13. The van der Waals surface area contributed by atoms with Gasteiger partial charge >= 0.3 is 6.18 Å². The summed E-state index contributed by atoms with van der Waals surface area (Å²) in [5.41, 5.74) is 3.81. The average molecular weight is 682 g/mol. The van der Waals surface area contributed by atoms with Crippen LogP contribution in [-0.2, 0) is 42.7 Å². The number of aromatic nitrogens is 2. The molecular weight excluding hydrogens is 640 g/mol. The summed E-state index contributed by atoms with van der Waals surface area (Å²) in [4.78, 5) is 33.4. The molecule has 0 saturated carbocycles. The van der Waals surface area contributed by atoms with Crippen molar-refractivity contribution < 1.29 is 26.8 Å². The maximum absolute atomic E-state index is 14.2. The number of hydrogen-bond acceptors (Lipinski definition) is 4. The SMILES string of the molecule is CC[N+](C)(CC)CCN(Cc1ccc(-c2ccc(C(F)(F)F)cc2)cc1)C(=O)Cn1c(SCc2ccc(F)cc2)nc(=O)c2c1CCC2. The van der Waals surface area contributed by atoms with Gasteiger partial charge in [0.25, 0.3) is 5.56 Å². The van der Waals surface area contributed by atoms with E-state index in [0.29, 0.717) is 48.0 Å². The second-order valence-corrected chi connectivity index (χ2v) is 13.5. The molecule has 1 aromatic heterocycles. The Morgan fingerprint density at radius 2 is 1.52 bits per heavy atom. The van der Waals surface area contributed by atoms with Crippen molar-refractivity contribution in [1.29, 1.82) is 0 Å². The zero-order chi connectivity index (χ0) is 34.5. The van der Waals surface area contributed by atoms with Crippen molar-refractivity contribution in [1.82, 2.24) is 14.5 Å². The molecule has 0 atom stereocenters. The molecule has 0 aliphatic heterocycles. The zero-order valence-corrected chi connectivity index (χ0v) is 28.3. The lowest BCUT2D eigenvalue weighted by Crippen LogP contribution is -2.49. The molecule has 254 valence electrons. The summed E-state index contributed by atoms with van der Waals surface area (Å²) in [7, 11) is 2.17. The topological polar surface area (TPSA) is 55.2 Å². The van der Waals surface area contributed by atoms with E-state index in [0.717, 1.165) is 65.1 Å². The third-order valence-corrected chi connectivity index (χ3v) is 10.5. The van der Waals surface area contributed by atoms with E-state index in [1.165, 1.54) is 36.0 Å². The summed E-state index contributed by atoms with van der Waals surface area (Å²) in [6, 6.07) is 18.8. The molecule has 0 N–H and O–H groups in total. The van der Waals surface area contributed by atoms with Crippen LogP contribution in [0, 0.1) is 5.82 Å². The van der Waals surface area contributed by atoms with E-state index in [1.807, 2.05) is 33.7 Å². The first kappa shape index (κ1) is 35.3. The Hall–Kier alpha value is -3.96. The molecule has 0 radical (unpaired) electrons. The minimum Gasteiger partial charge on any atom is -0.331 e. The molecular formula is C37H41F4N4O2S+. The quantitative estimate of drug-likeness (QED) is 0.0641. The van der Waals surface area contributed by atoms with Crippen molar-refractivity contribution in [3.8, 4) is 11.1 Å². The number of fused-ring (bicyclic) bond motifs is 1. The fraction of sp³-hybridized carbons (Fsp3) is 0.378. The summed E-state index contributed by atoms with van der Waals surface area (Å²) < 4.78 is 55.3. The first-order chi connectivity index (χ1) is 22.9. The third kappa shape index (κ3) is 8.54. The van der Waals surface area contributed by atoms with Crippen LogP contribution in [0.5, 0.6) is 0 Å². The predicted octanol–water partition coefficient (Wildman–Crippen LogP) is 7.36. The number of quaternary nitrogens is 1. The molecule has 1 aliphatic carbocycles. The van der Waals surface area contributed by atoms with Crippen LogP contribution in [0.25, 0.3) is 11.1 Å². The Bertz CT molecular complexity index is 1770. The molecule has 11 heteroatoms. The van der Waals surface area contributed by atoms with Crippen LogP contribution >= 0.6 is 11.8 Å². The molecule has 3 aromatic carbocycles. The van der Waals surface area contributed by atoms with Gasteiger partial charge in [-0.15, -0.1) is 0 Å². The Morgan fingerprint density at radius 1 is 0.917 bits per heavy atom. The average Bonchev–Trinajstić information content (AvgIpc) is 3.58. The first-order valence-electron chi connectivity index (χ1n) is 16.3. The summed E-state index contributed by atoms with van der Waals surface area (Å²) in [5.74, 6) is 0.0539. The minimum atomic E-state index is -4.39. The Balaban J connectivity index is 1.39. The van der Waals surface area contributed by atoms with E-state index in [2.05, 4.69) is 25.9 Å². The second kappa shape index (κ2) is 15.1. The molecule has 1 heterocycles. The van der Waals surface area contributed by atoms with E-state index in [9.17, 15) is 27.2 Å². The number of amides is 1. The number of carbonyl (C=O) groups is 1. The second-order valence-electron chi connectivity index (χ2n) is 12.5. The van der Waals surface area contributed by atoms with Crippen LogP contribution in [0.1, 0.15) is 48.2 Å². The monoisotopic (exact) mass is 681 g/mol. The van der Waals surface area contributed by atoms with Gasteiger partial charge < -0.3 is 14.0 Å². The summed E-state index contributed by atoms with van der Waals surface area (Å²) in [5, 5.41) is 0.474. The molecule has 1 aliphatic rings. The van der Waals surface area contributed by atoms with Gasteiger partial charge in [0, 0.05) is 23.6 Å². The third-order valence-electron chi connectivity index (χ3n) is 9.44. The summed E-state index contributed by atoms with van der Waals surface area (Å²) in [6.07, 6.45) is -2.24. The lowest BCUT2D eigenvalue weighted by molar-refractivity contribution is -0.905. The van der Waals surface area contributed by atoms with Gasteiger partial charge in [0.1, 0.15) is 12.4 Å². The van der Waals surface area contributed by atoms with Gasteiger partial charge in [0.2, 0.25) is 5.91 Å². The highest BCUT2D eigenvalue weighted by Gasteiger charge is 2.30. The van der Waals surface area contributed by atoms with Crippen LogP contribution < -0.4 is 5.56 Å². The largest absolute Gasteiger partial charge is 0.416 e. The van der Waals surface area contributed by atoms with Crippen LogP contribution in [0.4, 0.5) is 17.6 Å². The van der Waals surface area contributed by atoms with Crippen LogP contribution in [0.2, 0.25) is 0 Å². The van der Waals surface area contributed by atoms with E-state index in [4.69, 9.17) is 0 Å².